The molecule has 0 atom stereocenters. The fourth-order valence-corrected chi connectivity index (χ4v) is 4.02. The van der Waals surface area contributed by atoms with Crippen LogP contribution in [0.5, 0.6) is 0 Å². The van der Waals surface area contributed by atoms with Crippen LogP contribution in [0.2, 0.25) is 0 Å². The van der Waals surface area contributed by atoms with Crippen molar-refractivity contribution in [3.63, 3.8) is 0 Å². The Hall–Kier alpha value is -4.03. The van der Waals surface area contributed by atoms with Gasteiger partial charge >= 0.3 is 5.69 Å². The molecule has 9 nitrogen and oxygen atoms in total. The second-order valence-electron chi connectivity index (χ2n) is 7.66. The van der Waals surface area contributed by atoms with Gasteiger partial charge in [-0.15, -0.1) is 0 Å². The second kappa shape index (κ2) is 6.75. The summed E-state index contributed by atoms with van der Waals surface area (Å²) in [6, 6.07) is 11.4. The van der Waals surface area contributed by atoms with Crippen molar-refractivity contribution in [1.82, 2.24) is 23.9 Å². The molecule has 4 heterocycles. The van der Waals surface area contributed by atoms with Crippen LogP contribution < -0.4 is 11.2 Å². The number of aryl methyl sites for hydroxylation is 1. The molecule has 31 heavy (non-hydrogen) atoms. The number of aromatic nitrogens is 5. The lowest BCUT2D eigenvalue weighted by Gasteiger charge is -2.38. The maximum atomic E-state index is 13.7. The van der Waals surface area contributed by atoms with E-state index in [-0.39, 0.29) is 18.9 Å². The number of pyridine rings is 1. The van der Waals surface area contributed by atoms with Crippen molar-refractivity contribution >= 4 is 10.9 Å². The van der Waals surface area contributed by atoms with E-state index in [1.54, 1.807) is 25.4 Å². The van der Waals surface area contributed by atoms with Gasteiger partial charge in [0.05, 0.1) is 48.6 Å². The molecule has 0 saturated carbocycles. The molecule has 1 aliphatic rings. The van der Waals surface area contributed by atoms with Gasteiger partial charge in [-0.1, -0.05) is 18.2 Å². The predicted octanol–water partition coefficient (Wildman–Crippen LogP) is 1.60. The van der Waals surface area contributed by atoms with Crippen molar-refractivity contribution in [3.8, 4) is 17.4 Å². The van der Waals surface area contributed by atoms with E-state index in [0.29, 0.717) is 11.4 Å². The number of hydrogen-bond acceptors (Lipinski definition) is 6. The number of hydrogen-bond donors (Lipinski definition) is 0. The van der Waals surface area contributed by atoms with Crippen molar-refractivity contribution in [1.29, 1.82) is 5.26 Å². The number of ether oxygens (including phenoxy) is 1. The van der Waals surface area contributed by atoms with Gasteiger partial charge in [0.25, 0.3) is 5.56 Å². The van der Waals surface area contributed by atoms with Crippen LogP contribution in [-0.4, -0.2) is 37.1 Å². The van der Waals surface area contributed by atoms with Gasteiger partial charge in [0, 0.05) is 11.6 Å². The third-order valence-electron chi connectivity index (χ3n) is 5.59. The summed E-state index contributed by atoms with van der Waals surface area (Å²) in [5, 5.41) is 15.2. The predicted molar refractivity (Wildman–Crippen MR) is 113 cm³/mol. The van der Waals surface area contributed by atoms with E-state index in [1.165, 1.54) is 15.4 Å². The highest BCUT2D eigenvalue weighted by Gasteiger charge is 2.44. The van der Waals surface area contributed by atoms with Crippen LogP contribution in [0, 0.1) is 25.2 Å². The van der Waals surface area contributed by atoms with Crippen LogP contribution >= 0.6 is 0 Å². The average Bonchev–Trinajstić information content (AvgIpc) is 3.14. The quantitative estimate of drug-likeness (QED) is 0.504. The summed E-state index contributed by atoms with van der Waals surface area (Å²) < 4.78 is 9.21. The minimum absolute atomic E-state index is 0.0633. The summed E-state index contributed by atoms with van der Waals surface area (Å²) in [4.78, 5) is 31.4. The first-order valence-electron chi connectivity index (χ1n) is 9.70. The van der Waals surface area contributed by atoms with Crippen molar-refractivity contribution < 1.29 is 4.74 Å². The molecule has 4 aromatic rings. The lowest BCUT2D eigenvalue weighted by atomic mass is 9.98. The molecule has 0 amide bonds. The molecule has 0 radical (unpaired) electrons. The average molecular weight is 414 g/mol. The van der Waals surface area contributed by atoms with Crippen molar-refractivity contribution in [3.05, 3.63) is 81.0 Å². The Balaban J connectivity index is 1.94. The second-order valence-corrected chi connectivity index (χ2v) is 7.66. The van der Waals surface area contributed by atoms with Crippen LogP contribution in [0.15, 0.2) is 58.5 Å². The maximum absolute atomic E-state index is 13.7. The SMILES string of the molecule is Cc1cncc(-n2c(=O)c(-n3ncc4ccccc43)c(C)n(C3(C#N)COC3)c2=O)c1. The van der Waals surface area contributed by atoms with Crippen molar-refractivity contribution in [2.45, 2.75) is 19.4 Å². The van der Waals surface area contributed by atoms with E-state index in [0.717, 1.165) is 21.0 Å². The number of benzene rings is 1. The van der Waals surface area contributed by atoms with Gasteiger partial charge < -0.3 is 4.74 Å². The Morgan fingerprint density at radius 3 is 2.58 bits per heavy atom. The summed E-state index contributed by atoms with van der Waals surface area (Å²) in [5.74, 6) is 0. The molecule has 1 aliphatic heterocycles. The molecule has 0 aliphatic carbocycles. The highest BCUT2D eigenvalue weighted by atomic mass is 16.5. The Kier molecular flexibility index (Phi) is 4.13. The van der Waals surface area contributed by atoms with E-state index >= 15 is 0 Å². The third-order valence-corrected chi connectivity index (χ3v) is 5.59. The molecule has 0 spiro atoms. The van der Waals surface area contributed by atoms with E-state index in [2.05, 4.69) is 16.2 Å². The zero-order chi connectivity index (χ0) is 21.8. The van der Waals surface area contributed by atoms with E-state index in [1.807, 2.05) is 31.2 Å². The Bertz CT molecular complexity index is 1500. The molecule has 1 aromatic carbocycles. The first-order valence-corrected chi connectivity index (χ1v) is 9.70. The number of fused-ring (bicyclic) bond motifs is 1. The minimum atomic E-state index is -1.19. The summed E-state index contributed by atoms with van der Waals surface area (Å²) in [6.45, 7) is 3.61. The standard InChI is InChI=1S/C22H18N6O3/c1-14-7-17(10-24-8-14)26-20(29)19(28-18-6-4-3-5-16(18)9-25-28)15(2)27(21(26)30)22(11-23)12-31-13-22/h3-10H,12-13H2,1-2H3. The smallest absolute Gasteiger partial charge is 0.337 e. The number of para-hydroxylation sites is 1. The third kappa shape index (κ3) is 2.65. The molecular formula is C22H18N6O3. The summed E-state index contributed by atoms with van der Waals surface area (Å²) >= 11 is 0. The molecule has 0 N–H and O–H groups in total. The molecule has 1 saturated heterocycles. The molecule has 9 heteroatoms. The van der Waals surface area contributed by atoms with Crippen LogP contribution in [0.3, 0.4) is 0 Å². The topological polar surface area (TPSA) is 108 Å². The Labute approximate surface area is 176 Å². The maximum Gasteiger partial charge on any atom is 0.337 e. The van der Waals surface area contributed by atoms with Gasteiger partial charge in [-0.2, -0.15) is 10.4 Å². The molecule has 3 aromatic heterocycles. The largest absolute Gasteiger partial charge is 0.374 e. The van der Waals surface area contributed by atoms with E-state index < -0.39 is 16.8 Å². The molecule has 0 unspecified atom stereocenters. The van der Waals surface area contributed by atoms with E-state index in [9.17, 15) is 14.9 Å². The lowest BCUT2D eigenvalue weighted by Crippen LogP contribution is -2.58. The van der Waals surface area contributed by atoms with Crippen molar-refractivity contribution in [2.75, 3.05) is 13.2 Å². The van der Waals surface area contributed by atoms with Gasteiger partial charge in [0.1, 0.15) is 0 Å². The zero-order valence-electron chi connectivity index (χ0n) is 16.9. The normalized spacial score (nSPS) is 14.9. The fourth-order valence-electron chi connectivity index (χ4n) is 4.02. The van der Waals surface area contributed by atoms with Gasteiger partial charge in [0.15, 0.2) is 11.2 Å². The van der Waals surface area contributed by atoms with Crippen LogP contribution in [0.1, 0.15) is 11.3 Å². The molecular weight excluding hydrogens is 396 g/mol. The van der Waals surface area contributed by atoms with Crippen molar-refractivity contribution in [2.24, 2.45) is 0 Å². The lowest BCUT2D eigenvalue weighted by molar-refractivity contribution is -0.0706. The highest BCUT2D eigenvalue weighted by molar-refractivity contribution is 5.80. The molecule has 0 bridgehead atoms. The first-order chi connectivity index (χ1) is 15.0. The minimum Gasteiger partial charge on any atom is -0.374 e. The zero-order valence-corrected chi connectivity index (χ0v) is 16.9. The first kappa shape index (κ1) is 19.0. The summed E-state index contributed by atoms with van der Waals surface area (Å²) in [5.41, 5.74) is 0.0603. The summed E-state index contributed by atoms with van der Waals surface area (Å²) in [7, 11) is 0. The van der Waals surface area contributed by atoms with Gasteiger partial charge in [0.2, 0.25) is 0 Å². The van der Waals surface area contributed by atoms with Gasteiger partial charge in [-0.25, -0.2) is 14.0 Å². The number of nitrogens with zero attached hydrogens (tertiary/aromatic N) is 6. The monoisotopic (exact) mass is 414 g/mol. The Morgan fingerprint density at radius 1 is 1.13 bits per heavy atom. The van der Waals surface area contributed by atoms with Crippen LogP contribution in [0.25, 0.3) is 22.3 Å². The number of rotatable bonds is 3. The van der Waals surface area contributed by atoms with Gasteiger partial charge in [-0.05, 0) is 31.5 Å². The fraction of sp³-hybridized carbons (Fsp3) is 0.227. The highest BCUT2D eigenvalue weighted by Crippen LogP contribution is 2.27. The molecule has 5 rings (SSSR count). The van der Waals surface area contributed by atoms with Crippen LogP contribution in [-0.2, 0) is 10.3 Å². The Morgan fingerprint density at radius 2 is 1.90 bits per heavy atom. The molecule has 1 fully saturated rings. The van der Waals surface area contributed by atoms with Gasteiger partial charge in [-0.3, -0.25) is 14.3 Å². The van der Waals surface area contributed by atoms with Crippen LogP contribution in [0.4, 0.5) is 0 Å². The van der Waals surface area contributed by atoms with E-state index in [4.69, 9.17) is 4.74 Å². The molecule has 154 valence electrons. The number of nitriles is 1. The summed E-state index contributed by atoms with van der Waals surface area (Å²) in [6.07, 6.45) is 4.76.